The molecule has 1 aromatic rings. The second-order valence-electron chi connectivity index (χ2n) is 4.09. The zero-order valence-electron chi connectivity index (χ0n) is 8.26. The van der Waals surface area contributed by atoms with E-state index in [-0.39, 0.29) is 0 Å². The second kappa shape index (κ2) is 4.22. The molecular weight excluding hydrogens is 200 g/mol. The lowest BCUT2D eigenvalue weighted by Crippen LogP contribution is -2.40. The van der Waals surface area contributed by atoms with Crippen LogP contribution >= 0.6 is 11.6 Å². The van der Waals surface area contributed by atoms with Crippen molar-refractivity contribution in [1.82, 2.24) is 9.97 Å². The summed E-state index contributed by atoms with van der Waals surface area (Å²) in [5, 5.41) is 0.553. The van der Waals surface area contributed by atoms with Crippen LogP contribution in [0.15, 0.2) is 18.3 Å². The Morgan fingerprint density at radius 3 is 2.54 bits per heavy atom. The van der Waals surface area contributed by atoms with Crippen LogP contribution in [0.5, 0.6) is 0 Å². The molecule has 0 saturated carbocycles. The maximum atomic E-state index is 5.68. The van der Waals surface area contributed by atoms with Gasteiger partial charge in [0.2, 0.25) is 0 Å². The highest BCUT2D eigenvalue weighted by atomic mass is 35.5. The van der Waals surface area contributed by atoms with Gasteiger partial charge in [-0.1, -0.05) is 37.3 Å². The lowest BCUT2D eigenvalue weighted by Gasteiger charge is -2.17. The molecule has 13 heavy (non-hydrogen) atoms. The van der Waals surface area contributed by atoms with E-state index in [4.69, 9.17) is 11.6 Å². The normalized spacial score (nSPS) is 11.7. The quantitative estimate of drug-likeness (QED) is 0.618. The zero-order valence-corrected chi connectivity index (χ0v) is 10.0. The van der Waals surface area contributed by atoms with Crippen LogP contribution in [-0.2, 0) is 6.54 Å². The Morgan fingerprint density at radius 1 is 1.38 bits per heavy atom. The van der Waals surface area contributed by atoms with E-state index in [1.807, 2.05) is 18.3 Å². The van der Waals surface area contributed by atoms with Crippen LogP contribution in [0, 0.1) is 0 Å². The molecular formula is C9H15ClN2Si. The Hall–Kier alpha value is -0.383. The molecule has 0 amide bonds. The molecule has 1 rings (SSSR count). The van der Waals surface area contributed by atoms with Crippen LogP contribution in [-0.4, -0.2) is 13.2 Å². The largest absolute Gasteiger partial charge is 0.334 e. The van der Waals surface area contributed by atoms with E-state index in [0.717, 1.165) is 6.54 Å². The molecule has 1 N–H and O–H groups in total. The Kier molecular flexibility index (Phi) is 3.47. The standard InChI is InChI=1S/C9H15ClN2Si/c1-13(2,3)12-7-8-4-5-9(10)11-6-8/h4-6,12H,7H2,1-3H3. The van der Waals surface area contributed by atoms with Crippen LogP contribution in [0.4, 0.5) is 0 Å². The molecule has 0 bridgehead atoms. The maximum Gasteiger partial charge on any atom is 0.129 e. The average molecular weight is 215 g/mol. The van der Waals surface area contributed by atoms with Crippen molar-refractivity contribution < 1.29 is 0 Å². The van der Waals surface area contributed by atoms with Gasteiger partial charge in [0.05, 0.1) is 0 Å². The summed E-state index contributed by atoms with van der Waals surface area (Å²) in [7, 11) is -1.16. The smallest absolute Gasteiger partial charge is 0.129 e. The van der Waals surface area contributed by atoms with Crippen LogP contribution in [0.25, 0.3) is 0 Å². The van der Waals surface area contributed by atoms with Crippen molar-refractivity contribution in [2.24, 2.45) is 0 Å². The summed E-state index contributed by atoms with van der Waals surface area (Å²) in [4.78, 5) is 7.53. The third-order valence-corrected chi connectivity index (χ3v) is 3.07. The molecule has 4 heteroatoms. The van der Waals surface area contributed by atoms with Crippen molar-refractivity contribution in [3.05, 3.63) is 29.0 Å². The Balaban J connectivity index is 2.51. The van der Waals surface area contributed by atoms with Gasteiger partial charge in [-0.25, -0.2) is 4.98 Å². The summed E-state index contributed by atoms with van der Waals surface area (Å²) in [5.41, 5.74) is 1.19. The van der Waals surface area contributed by atoms with Gasteiger partial charge in [0.25, 0.3) is 0 Å². The highest BCUT2D eigenvalue weighted by molar-refractivity contribution is 6.73. The minimum Gasteiger partial charge on any atom is -0.334 e. The van der Waals surface area contributed by atoms with Gasteiger partial charge in [-0.2, -0.15) is 0 Å². The third-order valence-electron chi connectivity index (χ3n) is 1.61. The van der Waals surface area contributed by atoms with Crippen LogP contribution in [0.1, 0.15) is 5.56 Å². The topological polar surface area (TPSA) is 24.9 Å². The molecule has 72 valence electrons. The van der Waals surface area contributed by atoms with Gasteiger partial charge in [-0.3, -0.25) is 0 Å². The predicted molar refractivity (Wildman–Crippen MR) is 59.4 cm³/mol. The van der Waals surface area contributed by atoms with Gasteiger partial charge in [-0.05, 0) is 11.6 Å². The predicted octanol–water partition coefficient (Wildman–Crippen LogP) is 2.66. The Bertz CT molecular complexity index is 266. The van der Waals surface area contributed by atoms with Crippen molar-refractivity contribution in [3.8, 4) is 0 Å². The maximum absolute atomic E-state index is 5.68. The van der Waals surface area contributed by atoms with E-state index < -0.39 is 8.24 Å². The number of nitrogens with zero attached hydrogens (tertiary/aromatic N) is 1. The molecule has 0 saturated heterocycles. The summed E-state index contributed by atoms with van der Waals surface area (Å²) < 4.78 is 0. The fourth-order valence-electron chi connectivity index (χ4n) is 0.878. The number of hydrogen-bond acceptors (Lipinski definition) is 2. The highest BCUT2D eigenvalue weighted by Gasteiger charge is 2.11. The first-order valence-corrected chi connectivity index (χ1v) is 8.21. The van der Waals surface area contributed by atoms with Gasteiger partial charge < -0.3 is 4.98 Å². The van der Waals surface area contributed by atoms with Gasteiger partial charge in [0, 0.05) is 12.7 Å². The number of rotatable bonds is 3. The van der Waals surface area contributed by atoms with Crippen molar-refractivity contribution in [1.29, 1.82) is 0 Å². The Morgan fingerprint density at radius 2 is 2.08 bits per heavy atom. The molecule has 0 radical (unpaired) electrons. The average Bonchev–Trinajstić information content (AvgIpc) is 2.02. The van der Waals surface area contributed by atoms with Crippen LogP contribution in [0.2, 0.25) is 24.8 Å². The fourth-order valence-corrected chi connectivity index (χ4v) is 1.72. The van der Waals surface area contributed by atoms with E-state index in [2.05, 4.69) is 29.6 Å². The van der Waals surface area contributed by atoms with Crippen LogP contribution < -0.4 is 4.98 Å². The second-order valence-corrected chi connectivity index (χ2v) is 9.33. The molecule has 0 aromatic carbocycles. The lowest BCUT2D eigenvalue weighted by atomic mass is 10.3. The SMILES string of the molecule is C[Si](C)(C)NCc1ccc(Cl)nc1. The molecule has 2 nitrogen and oxygen atoms in total. The molecule has 0 spiro atoms. The molecule has 0 aliphatic carbocycles. The molecule has 0 atom stereocenters. The molecule has 1 heterocycles. The summed E-state index contributed by atoms with van der Waals surface area (Å²) in [5.74, 6) is 0. The third kappa shape index (κ3) is 4.41. The summed E-state index contributed by atoms with van der Waals surface area (Å²) in [6.45, 7) is 7.71. The summed E-state index contributed by atoms with van der Waals surface area (Å²) >= 11 is 5.68. The van der Waals surface area contributed by atoms with E-state index in [0.29, 0.717) is 5.15 Å². The van der Waals surface area contributed by atoms with Gasteiger partial charge in [0.1, 0.15) is 13.4 Å². The number of aromatic nitrogens is 1. The number of nitrogens with one attached hydrogen (secondary N) is 1. The van der Waals surface area contributed by atoms with E-state index >= 15 is 0 Å². The first-order chi connectivity index (χ1) is 5.97. The number of halogens is 1. The van der Waals surface area contributed by atoms with Crippen molar-refractivity contribution in [3.63, 3.8) is 0 Å². The van der Waals surface area contributed by atoms with Crippen molar-refractivity contribution in [2.45, 2.75) is 26.2 Å². The highest BCUT2D eigenvalue weighted by Crippen LogP contribution is 2.06. The molecule has 0 fully saturated rings. The minimum absolute atomic E-state index is 0.553. The number of pyridine rings is 1. The molecule has 0 unspecified atom stereocenters. The van der Waals surface area contributed by atoms with Gasteiger partial charge in [-0.15, -0.1) is 0 Å². The van der Waals surface area contributed by atoms with Crippen molar-refractivity contribution in [2.75, 3.05) is 0 Å². The first kappa shape index (κ1) is 10.7. The lowest BCUT2D eigenvalue weighted by molar-refractivity contribution is 0.907. The Labute approximate surface area is 85.4 Å². The van der Waals surface area contributed by atoms with E-state index in [9.17, 15) is 0 Å². The fraction of sp³-hybridized carbons (Fsp3) is 0.444. The van der Waals surface area contributed by atoms with Crippen LogP contribution in [0.3, 0.4) is 0 Å². The molecule has 0 aliphatic rings. The summed E-state index contributed by atoms with van der Waals surface area (Å²) in [6, 6.07) is 3.82. The monoisotopic (exact) mass is 214 g/mol. The summed E-state index contributed by atoms with van der Waals surface area (Å²) in [6.07, 6.45) is 1.81. The first-order valence-electron chi connectivity index (χ1n) is 4.33. The van der Waals surface area contributed by atoms with Gasteiger partial charge in [0.15, 0.2) is 0 Å². The van der Waals surface area contributed by atoms with Crippen molar-refractivity contribution >= 4 is 19.8 Å². The minimum atomic E-state index is -1.16. The zero-order chi connectivity index (χ0) is 9.90. The molecule has 0 aliphatic heterocycles. The van der Waals surface area contributed by atoms with Gasteiger partial charge >= 0.3 is 0 Å². The number of hydrogen-bond donors (Lipinski definition) is 1. The van der Waals surface area contributed by atoms with E-state index in [1.54, 1.807) is 0 Å². The molecule has 1 aromatic heterocycles. The van der Waals surface area contributed by atoms with E-state index in [1.165, 1.54) is 5.56 Å².